The van der Waals surface area contributed by atoms with Crippen LogP contribution < -0.4 is 0 Å². The van der Waals surface area contributed by atoms with Crippen molar-refractivity contribution in [2.45, 2.75) is 96.4 Å². The van der Waals surface area contributed by atoms with Gasteiger partial charge in [-0.05, 0) is 25.5 Å². The number of unbranched alkanes of at least 4 members (excludes halogenated alkanes) is 8. The van der Waals surface area contributed by atoms with E-state index >= 15 is 0 Å². The lowest BCUT2D eigenvalue weighted by Crippen LogP contribution is -2.28. The number of rotatable bonds is 15. The summed E-state index contributed by atoms with van der Waals surface area (Å²) in [6.45, 7) is 6.41. The van der Waals surface area contributed by atoms with E-state index < -0.39 is 5.79 Å². The number of thiol groups is 1. The van der Waals surface area contributed by atoms with Crippen LogP contribution in [-0.4, -0.2) is 37.5 Å². The summed E-state index contributed by atoms with van der Waals surface area (Å²) in [7, 11) is 0. The van der Waals surface area contributed by atoms with Crippen LogP contribution in [0.4, 0.5) is 0 Å². The molecule has 1 saturated heterocycles. The van der Waals surface area contributed by atoms with E-state index in [1.807, 2.05) is 0 Å². The van der Waals surface area contributed by atoms with Crippen molar-refractivity contribution in [3.8, 4) is 0 Å². The Morgan fingerprint density at radius 1 is 1.00 bits per heavy atom. The van der Waals surface area contributed by atoms with Crippen LogP contribution in [0.3, 0.4) is 0 Å². The Balaban J connectivity index is 1.96. The third-order valence-corrected chi connectivity index (χ3v) is 4.79. The van der Waals surface area contributed by atoms with Gasteiger partial charge in [-0.25, -0.2) is 0 Å². The summed E-state index contributed by atoms with van der Waals surface area (Å²) in [6.07, 6.45) is 14.2. The number of hydrogen-bond donors (Lipinski definition) is 1. The zero-order valence-corrected chi connectivity index (χ0v) is 16.3. The standard InChI is InChI=1S/C19H38O3S/c1-3-4-5-6-7-8-9-10-11-13-19(2)21-17-18(22-19)16-20-14-12-15-23/h18,23H,3-17H2,1-2H3. The highest BCUT2D eigenvalue weighted by atomic mass is 32.1. The molecule has 0 spiro atoms. The molecule has 0 aromatic carbocycles. The Labute approximate surface area is 149 Å². The minimum Gasteiger partial charge on any atom is -0.379 e. The lowest BCUT2D eigenvalue weighted by Gasteiger charge is -2.23. The Morgan fingerprint density at radius 2 is 1.65 bits per heavy atom. The van der Waals surface area contributed by atoms with Crippen LogP contribution in [0, 0.1) is 0 Å². The molecule has 138 valence electrons. The van der Waals surface area contributed by atoms with E-state index in [4.69, 9.17) is 14.2 Å². The largest absolute Gasteiger partial charge is 0.379 e. The fourth-order valence-corrected chi connectivity index (χ4v) is 3.17. The van der Waals surface area contributed by atoms with Crippen LogP contribution in [0.15, 0.2) is 0 Å². The molecule has 0 saturated carbocycles. The molecule has 0 radical (unpaired) electrons. The fourth-order valence-electron chi connectivity index (χ4n) is 3.04. The van der Waals surface area contributed by atoms with Crippen LogP contribution in [0.25, 0.3) is 0 Å². The predicted molar refractivity (Wildman–Crippen MR) is 100 cm³/mol. The second-order valence-electron chi connectivity index (χ2n) is 6.92. The third-order valence-electron chi connectivity index (χ3n) is 4.48. The van der Waals surface area contributed by atoms with Gasteiger partial charge in [0, 0.05) is 13.0 Å². The summed E-state index contributed by atoms with van der Waals surface area (Å²) in [5, 5.41) is 0. The monoisotopic (exact) mass is 346 g/mol. The van der Waals surface area contributed by atoms with Gasteiger partial charge < -0.3 is 14.2 Å². The minimum absolute atomic E-state index is 0.0958. The van der Waals surface area contributed by atoms with Crippen molar-refractivity contribution in [3.63, 3.8) is 0 Å². The van der Waals surface area contributed by atoms with Gasteiger partial charge in [0.2, 0.25) is 0 Å². The zero-order valence-electron chi connectivity index (χ0n) is 15.4. The van der Waals surface area contributed by atoms with Gasteiger partial charge >= 0.3 is 0 Å². The van der Waals surface area contributed by atoms with E-state index in [9.17, 15) is 0 Å². The molecular formula is C19H38O3S. The fraction of sp³-hybridized carbons (Fsp3) is 1.00. The average Bonchev–Trinajstić information content (AvgIpc) is 2.92. The van der Waals surface area contributed by atoms with Crippen molar-refractivity contribution in [3.05, 3.63) is 0 Å². The first-order chi connectivity index (χ1) is 11.2. The third kappa shape index (κ3) is 10.6. The molecule has 0 amide bonds. The highest BCUT2D eigenvalue weighted by molar-refractivity contribution is 7.80. The molecule has 1 aliphatic rings. The summed E-state index contributed by atoms with van der Waals surface area (Å²) in [4.78, 5) is 0. The molecule has 4 heteroatoms. The lowest BCUT2D eigenvalue weighted by atomic mass is 10.0. The normalized spacial score (nSPS) is 24.4. The van der Waals surface area contributed by atoms with Gasteiger partial charge in [-0.15, -0.1) is 0 Å². The van der Waals surface area contributed by atoms with Crippen LogP contribution >= 0.6 is 12.6 Å². The molecule has 0 aromatic rings. The second-order valence-corrected chi connectivity index (χ2v) is 7.36. The Morgan fingerprint density at radius 3 is 2.30 bits per heavy atom. The van der Waals surface area contributed by atoms with E-state index in [1.54, 1.807) is 0 Å². The van der Waals surface area contributed by atoms with Gasteiger partial charge in [0.25, 0.3) is 0 Å². The molecule has 0 N–H and O–H groups in total. The molecule has 1 aliphatic heterocycles. The van der Waals surface area contributed by atoms with Gasteiger partial charge in [0.05, 0.1) is 13.2 Å². The molecule has 0 bridgehead atoms. The molecule has 3 nitrogen and oxygen atoms in total. The molecule has 2 unspecified atom stereocenters. The molecule has 0 aliphatic carbocycles. The Hall–Kier alpha value is 0.230. The van der Waals surface area contributed by atoms with Crippen LogP contribution in [0.2, 0.25) is 0 Å². The Bertz CT molecular complexity index is 275. The molecule has 0 aromatic heterocycles. The van der Waals surface area contributed by atoms with Crippen molar-refractivity contribution in [2.75, 3.05) is 25.6 Å². The quantitative estimate of drug-likeness (QED) is 0.319. The van der Waals surface area contributed by atoms with E-state index in [0.29, 0.717) is 13.2 Å². The minimum atomic E-state index is -0.390. The highest BCUT2D eigenvalue weighted by Crippen LogP contribution is 2.29. The Kier molecular flexibility index (Phi) is 12.5. The zero-order chi connectivity index (χ0) is 16.8. The van der Waals surface area contributed by atoms with Crippen molar-refractivity contribution < 1.29 is 14.2 Å². The molecule has 1 rings (SSSR count). The van der Waals surface area contributed by atoms with E-state index in [0.717, 1.165) is 25.2 Å². The molecule has 1 fully saturated rings. The smallest absolute Gasteiger partial charge is 0.166 e. The summed E-state index contributed by atoms with van der Waals surface area (Å²) < 4.78 is 17.5. The van der Waals surface area contributed by atoms with E-state index in [1.165, 1.54) is 57.8 Å². The van der Waals surface area contributed by atoms with Gasteiger partial charge in [0.15, 0.2) is 5.79 Å². The predicted octanol–water partition coefficient (Wildman–Crippen LogP) is 5.38. The van der Waals surface area contributed by atoms with Crippen molar-refractivity contribution >= 4 is 12.6 Å². The first kappa shape index (κ1) is 21.3. The van der Waals surface area contributed by atoms with Gasteiger partial charge in [-0.2, -0.15) is 12.6 Å². The van der Waals surface area contributed by atoms with Gasteiger partial charge in [0.1, 0.15) is 6.10 Å². The van der Waals surface area contributed by atoms with Crippen molar-refractivity contribution in [1.82, 2.24) is 0 Å². The summed E-state index contributed by atoms with van der Waals surface area (Å²) in [5.74, 6) is 0.483. The van der Waals surface area contributed by atoms with Crippen molar-refractivity contribution in [1.29, 1.82) is 0 Å². The SMILES string of the molecule is CCCCCCCCCCCC1(C)OCC(COCCCS)O1. The molecule has 1 heterocycles. The summed E-state index contributed by atoms with van der Waals surface area (Å²) in [6, 6.07) is 0. The molecule has 23 heavy (non-hydrogen) atoms. The van der Waals surface area contributed by atoms with Crippen LogP contribution in [0.1, 0.15) is 84.5 Å². The highest BCUT2D eigenvalue weighted by Gasteiger charge is 2.36. The van der Waals surface area contributed by atoms with Crippen molar-refractivity contribution in [2.24, 2.45) is 0 Å². The van der Waals surface area contributed by atoms with E-state index in [-0.39, 0.29) is 6.10 Å². The first-order valence-electron chi connectivity index (χ1n) is 9.70. The van der Waals surface area contributed by atoms with Gasteiger partial charge in [-0.3, -0.25) is 0 Å². The molecule has 2 atom stereocenters. The summed E-state index contributed by atoms with van der Waals surface area (Å²) in [5.41, 5.74) is 0. The average molecular weight is 347 g/mol. The van der Waals surface area contributed by atoms with Crippen LogP contribution in [-0.2, 0) is 14.2 Å². The maximum Gasteiger partial charge on any atom is 0.166 e. The van der Waals surface area contributed by atoms with Crippen LogP contribution in [0.5, 0.6) is 0 Å². The summed E-state index contributed by atoms with van der Waals surface area (Å²) >= 11 is 4.18. The topological polar surface area (TPSA) is 27.7 Å². The van der Waals surface area contributed by atoms with E-state index in [2.05, 4.69) is 26.5 Å². The maximum atomic E-state index is 6.03. The second kappa shape index (κ2) is 13.5. The molecular weight excluding hydrogens is 308 g/mol. The maximum absolute atomic E-state index is 6.03. The number of ether oxygens (including phenoxy) is 3. The first-order valence-corrected chi connectivity index (χ1v) is 10.3. The number of hydrogen-bond acceptors (Lipinski definition) is 4. The lowest BCUT2D eigenvalue weighted by molar-refractivity contribution is -0.164. The van der Waals surface area contributed by atoms with Gasteiger partial charge in [-0.1, -0.05) is 58.3 Å².